The van der Waals surface area contributed by atoms with Crippen molar-refractivity contribution in [2.24, 2.45) is 0 Å². The third-order valence-electron chi connectivity index (χ3n) is 5.50. The van der Waals surface area contributed by atoms with Crippen LogP contribution in [0.2, 0.25) is 10.0 Å². The highest BCUT2D eigenvalue weighted by Crippen LogP contribution is 2.28. The second kappa shape index (κ2) is 10.7. The van der Waals surface area contributed by atoms with Crippen LogP contribution in [0.15, 0.2) is 61.4 Å². The minimum absolute atomic E-state index is 0.226. The van der Waals surface area contributed by atoms with E-state index in [0.717, 1.165) is 37.6 Å². The summed E-state index contributed by atoms with van der Waals surface area (Å²) in [6, 6.07) is 10.5. The van der Waals surface area contributed by atoms with Gasteiger partial charge in [-0.1, -0.05) is 29.3 Å². The molecule has 0 unspecified atom stereocenters. The van der Waals surface area contributed by atoms with E-state index >= 15 is 0 Å². The molecule has 0 spiro atoms. The van der Waals surface area contributed by atoms with Crippen molar-refractivity contribution in [3.8, 4) is 11.3 Å². The maximum Gasteiger partial charge on any atom is 0.274 e. The number of nitrogens with one attached hydrogen (secondary N) is 1. The molecule has 1 amide bonds. The van der Waals surface area contributed by atoms with Crippen molar-refractivity contribution in [1.82, 2.24) is 19.9 Å². The highest BCUT2D eigenvalue weighted by molar-refractivity contribution is 6.42. The molecule has 1 fully saturated rings. The van der Waals surface area contributed by atoms with Gasteiger partial charge in [-0.15, -0.1) is 0 Å². The Kier molecular flexibility index (Phi) is 7.66. The van der Waals surface area contributed by atoms with Crippen molar-refractivity contribution < 1.29 is 9.53 Å². The van der Waals surface area contributed by atoms with E-state index in [-0.39, 0.29) is 17.2 Å². The van der Waals surface area contributed by atoms with Crippen LogP contribution >= 0.6 is 23.2 Å². The second-order valence-corrected chi connectivity index (χ2v) is 10.2. The van der Waals surface area contributed by atoms with Gasteiger partial charge < -0.3 is 19.9 Å². The van der Waals surface area contributed by atoms with Gasteiger partial charge in [0.25, 0.3) is 5.91 Å². The van der Waals surface area contributed by atoms with Crippen molar-refractivity contribution in [3.63, 3.8) is 0 Å². The Balaban J connectivity index is 1.36. The van der Waals surface area contributed by atoms with Gasteiger partial charge in [-0.3, -0.25) is 4.79 Å². The predicted molar refractivity (Wildman–Crippen MR) is 143 cm³/mol. The van der Waals surface area contributed by atoms with Crippen LogP contribution in [0.1, 0.15) is 31.3 Å². The van der Waals surface area contributed by atoms with Gasteiger partial charge in [0.05, 0.1) is 27.6 Å². The largest absolute Gasteiger partial charge is 0.474 e. The van der Waals surface area contributed by atoms with Crippen LogP contribution in [0.4, 0.5) is 11.5 Å². The van der Waals surface area contributed by atoms with Crippen LogP contribution in [0.25, 0.3) is 11.3 Å². The zero-order valence-electron chi connectivity index (χ0n) is 20.5. The Morgan fingerprint density at radius 1 is 1.00 bits per heavy atom. The van der Waals surface area contributed by atoms with Crippen LogP contribution in [0.5, 0.6) is 0 Å². The summed E-state index contributed by atoms with van der Waals surface area (Å²) >= 11 is 12.1. The Labute approximate surface area is 220 Å². The molecule has 1 N–H and O–H groups in total. The number of carbonyl (C=O) groups excluding carboxylic acids is 1. The average molecular weight is 527 g/mol. The summed E-state index contributed by atoms with van der Waals surface area (Å²) in [5.74, 6) is 1.18. The first-order chi connectivity index (χ1) is 17.1. The van der Waals surface area contributed by atoms with Crippen molar-refractivity contribution in [1.29, 1.82) is 0 Å². The predicted octanol–water partition coefficient (Wildman–Crippen LogP) is 5.51. The van der Waals surface area contributed by atoms with Gasteiger partial charge in [0.1, 0.15) is 23.4 Å². The summed E-state index contributed by atoms with van der Waals surface area (Å²) in [6.07, 6.45) is 2.98. The Hall–Kier alpha value is -3.36. The van der Waals surface area contributed by atoms with Crippen molar-refractivity contribution in [3.05, 3.63) is 77.1 Å². The molecule has 36 heavy (non-hydrogen) atoms. The molecule has 8 nitrogen and oxygen atoms in total. The first-order valence-electron chi connectivity index (χ1n) is 11.5. The molecule has 10 heteroatoms. The van der Waals surface area contributed by atoms with E-state index < -0.39 is 0 Å². The number of nitrogens with zero attached hydrogens (tertiary/aromatic N) is 5. The summed E-state index contributed by atoms with van der Waals surface area (Å²) < 4.78 is 5.89. The Bertz CT molecular complexity index is 1250. The van der Waals surface area contributed by atoms with Crippen LogP contribution in [-0.4, -0.2) is 57.5 Å². The number of benzene rings is 1. The summed E-state index contributed by atoms with van der Waals surface area (Å²) in [4.78, 5) is 30.0. The molecule has 0 atom stereocenters. The van der Waals surface area contributed by atoms with Crippen LogP contribution < -0.4 is 10.2 Å². The lowest BCUT2D eigenvalue weighted by molar-refractivity contribution is 0.00163. The minimum atomic E-state index is -0.362. The molecule has 0 radical (unpaired) electrons. The molecule has 0 aliphatic carbocycles. The van der Waals surface area contributed by atoms with Crippen molar-refractivity contribution in [2.75, 3.05) is 36.4 Å². The summed E-state index contributed by atoms with van der Waals surface area (Å²) in [5.41, 5.74) is 1.83. The molecule has 1 aliphatic rings. The smallest absolute Gasteiger partial charge is 0.274 e. The quantitative estimate of drug-likeness (QED) is 0.424. The Morgan fingerprint density at radius 2 is 1.75 bits per heavy atom. The second-order valence-electron chi connectivity index (χ2n) is 9.36. The van der Waals surface area contributed by atoms with Crippen LogP contribution in [0.3, 0.4) is 0 Å². The number of amides is 1. The molecule has 188 valence electrons. The van der Waals surface area contributed by atoms with Gasteiger partial charge in [0.2, 0.25) is 0 Å². The third-order valence-corrected chi connectivity index (χ3v) is 6.24. The average Bonchev–Trinajstić information content (AvgIpc) is 2.85. The molecule has 2 aromatic heterocycles. The number of hydrogen-bond acceptors (Lipinski definition) is 7. The number of ether oxygens (including phenoxy) is 1. The molecular weight excluding hydrogens is 499 g/mol. The van der Waals surface area contributed by atoms with E-state index in [0.29, 0.717) is 27.3 Å². The number of halogens is 2. The number of aromatic nitrogens is 3. The molecule has 3 aromatic rings. The first-order valence-corrected chi connectivity index (χ1v) is 12.3. The van der Waals surface area contributed by atoms with Crippen molar-refractivity contribution >= 4 is 40.6 Å². The van der Waals surface area contributed by atoms with E-state index in [4.69, 9.17) is 27.9 Å². The maximum atomic E-state index is 12.8. The molecule has 1 saturated heterocycles. The number of piperazine rings is 1. The molecule has 1 aromatic carbocycles. The number of carbonyl (C=O) groups is 1. The lowest BCUT2D eigenvalue weighted by Gasteiger charge is -2.38. The molecule has 0 saturated carbocycles. The van der Waals surface area contributed by atoms with Crippen LogP contribution in [0, 0.1) is 0 Å². The highest BCUT2D eigenvalue weighted by Gasteiger charge is 2.22. The Morgan fingerprint density at radius 3 is 2.39 bits per heavy atom. The topological polar surface area (TPSA) is 83.5 Å². The SMILES string of the molecule is C=C(OC(C)(C)C)N1CCN(c2ccc(NC(=O)c3cc(-c4ccc(Cl)c(Cl)c4)ncn3)cn2)CC1. The number of rotatable bonds is 6. The van der Waals surface area contributed by atoms with Gasteiger partial charge in [-0.25, -0.2) is 15.0 Å². The summed E-state index contributed by atoms with van der Waals surface area (Å²) in [5, 5.41) is 3.70. The molecule has 3 heterocycles. The van der Waals surface area contributed by atoms with Crippen molar-refractivity contribution in [2.45, 2.75) is 26.4 Å². The van der Waals surface area contributed by atoms with Gasteiger partial charge in [0, 0.05) is 31.7 Å². The monoisotopic (exact) mass is 526 g/mol. The van der Waals surface area contributed by atoms with E-state index in [1.807, 2.05) is 32.9 Å². The zero-order chi connectivity index (χ0) is 25.9. The fourth-order valence-electron chi connectivity index (χ4n) is 3.74. The number of anilines is 2. The van der Waals surface area contributed by atoms with Gasteiger partial charge in [-0.2, -0.15) is 0 Å². The summed E-state index contributed by atoms with van der Waals surface area (Å²) in [6.45, 7) is 13.3. The standard InChI is InChI=1S/C26H28Cl2N6O2/c1-17(36-26(2,3)4)33-9-11-34(12-10-33)24-8-6-19(15-29-24)32-25(35)23-14-22(30-16-31-23)18-5-7-20(27)21(28)13-18/h5-8,13-16H,1,9-12H2,2-4H3,(H,32,35). The van der Waals surface area contributed by atoms with Gasteiger partial charge in [0.15, 0.2) is 5.88 Å². The minimum Gasteiger partial charge on any atom is -0.474 e. The molecule has 1 aliphatic heterocycles. The van der Waals surface area contributed by atoms with Crippen LogP contribution in [-0.2, 0) is 4.74 Å². The van der Waals surface area contributed by atoms with E-state index in [1.54, 1.807) is 30.5 Å². The van der Waals surface area contributed by atoms with E-state index in [9.17, 15) is 4.79 Å². The first kappa shape index (κ1) is 25.7. The number of pyridine rings is 1. The highest BCUT2D eigenvalue weighted by atomic mass is 35.5. The number of hydrogen-bond donors (Lipinski definition) is 1. The van der Waals surface area contributed by atoms with E-state index in [1.165, 1.54) is 6.33 Å². The summed E-state index contributed by atoms with van der Waals surface area (Å²) in [7, 11) is 0. The van der Waals surface area contributed by atoms with Gasteiger partial charge >= 0.3 is 0 Å². The maximum absolute atomic E-state index is 12.8. The lowest BCUT2D eigenvalue weighted by atomic mass is 10.1. The van der Waals surface area contributed by atoms with Gasteiger partial charge in [-0.05, 0) is 57.7 Å². The van der Waals surface area contributed by atoms with E-state index in [2.05, 4.69) is 36.6 Å². The molecule has 0 bridgehead atoms. The normalized spacial score (nSPS) is 13.9. The molecule has 4 rings (SSSR count). The zero-order valence-corrected chi connectivity index (χ0v) is 22.0. The lowest BCUT2D eigenvalue weighted by Crippen LogP contribution is -2.47. The third kappa shape index (κ3) is 6.44. The fourth-order valence-corrected chi connectivity index (χ4v) is 4.04. The molecular formula is C26H28Cl2N6O2. The fraction of sp³-hybridized carbons (Fsp3) is 0.308.